The van der Waals surface area contributed by atoms with Gasteiger partial charge in [0.2, 0.25) is 0 Å². The predicted octanol–water partition coefficient (Wildman–Crippen LogP) is 0.140. The van der Waals surface area contributed by atoms with Crippen LogP contribution in [0.5, 0.6) is 0 Å². The molecule has 2 N–H and O–H groups in total. The summed E-state index contributed by atoms with van der Waals surface area (Å²) in [5.41, 5.74) is 0. The van der Waals surface area contributed by atoms with E-state index in [2.05, 4.69) is 6.58 Å². The summed E-state index contributed by atoms with van der Waals surface area (Å²) < 4.78 is 0. The van der Waals surface area contributed by atoms with Gasteiger partial charge in [0.05, 0.1) is 0 Å². The van der Waals surface area contributed by atoms with Crippen LogP contribution in [0.25, 0.3) is 0 Å². The molecule has 0 radical (unpaired) electrons. The van der Waals surface area contributed by atoms with E-state index in [1.807, 2.05) is 0 Å². The van der Waals surface area contributed by atoms with Crippen molar-refractivity contribution in [1.82, 2.24) is 0 Å². The standard InChI is InChI=1S/C3H4O3.Pt/c1-2(4)3(5)6;/h4H,1H2,(H,5,6);. The van der Waals surface area contributed by atoms with Crippen LogP contribution in [0.3, 0.4) is 0 Å². The van der Waals surface area contributed by atoms with Crippen molar-refractivity contribution < 1.29 is 36.1 Å². The molecule has 0 saturated heterocycles. The van der Waals surface area contributed by atoms with Crippen LogP contribution in [0.2, 0.25) is 0 Å². The van der Waals surface area contributed by atoms with E-state index in [1.54, 1.807) is 0 Å². The van der Waals surface area contributed by atoms with Crippen LogP contribution in [0, 0.1) is 0 Å². The maximum absolute atomic E-state index is 9.35. The fourth-order valence-electron chi connectivity index (χ4n) is 0. The molecule has 4 heteroatoms. The molecule has 0 aliphatic heterocycles. The number of hydrogen-bond acceptors (Lipinski definition) is 2. The van der Waals surface area contributed by atoms with Crippen LogP contribution in [0.4, 0.5) is 0 Å². The number of rotatable bonds is 1. The molecule has 0 bridgehead atoms. The van der Waals surface area contributed by atoms with Gasteiger partial charge in [0.25, 0.3) is 0 Å². The number of aliphatic hydroxyl groups excluding tert-OH is 1. The third-order valence-electron chi connectivity index (χ3n) is 0.247. The van der Waals surface area contributed by atoms with Crippen molar-refractivity contribution in [2.45, 2.75) is 0 Å². The third-order valence-corrected chi connectivity index (χ3v) is 0.247. The molecule has 0 aromatic heterocycles. The van der Waals surface area contributed by atoms with Gasteiger partial charge in [0, 0.05) is 21.1 Å². The Morgan fingerprint density at radius 1 is 1.43 bits per heavy atom. The number of carboxylic acid groups (broad SMARTS) is 1. The van der Waals surface area contributed by atoms with Gasteiger partial charge in [-0.15, -0.1) is 0 Å². The Balaban J connectivity index is 0. The summed E-state index contributed by atoms with van der Waals surface area (Å²) in [4.78, 5) is 9.35. The summed E-state index contributed by atoms with van der Waals surface area (Å²) in [6.07, 6.45) is 0. The van der Waals surface area contributed by atoms with Gasteiger partial charge in [-0.25, -0.2) is 4.79 Å². The molecule has 7 heavy (non-hydrogen) atoms. The first-order valence-electron chi connectivity index (χ1n) is 1.25. The second-order valence-electron chi connectivity index (χ2n) is 0.752. The second kappa shape index (κ2) is 3.87. The smallest absolute Gasteiger partial charge is 0.370 e. The Morgan fingerprint density at radius 2 is 1.57 bits per heavy atom. The van der Waals surface area contributed by atoms with Crippen molar-refractivity contribution in [1.29, 1.82) is 0 Å². The van der Waals surface area contributed by atoms with Crippen molar-refractivity contribution in [2.75, 3.05) is 0 Å². The monoisotopic (exact) mass is 283 g/mol. The summed E-state index contributed by atoms with van der Waals surface area (Å²) in [6.45, 7) is 2.71. The molecule has 0 fully saturated rings. The molecule has 0 aromatic rings. The summed E-state index contributed by atoms with van der Waals surface area (Å²) >= 11 is 0. The van der Waals surface area contributed by atoms with Crippen LogP contribution >= 0.6 is 0 Å². The van der Waals surface area contributed by atoms with Crippen LogP contribution < -0.4 is 0 Å². The molecule has 0 spiro atoms. The number of carbonyl (C=O) groups is 1. The zero-order chi connectivity index (χ0) is 5.15. The topological polar surface area (TPSA) is 57.5 Å². The van der Waals surface area contributed by atoms with E-state index in [9.17, 15) is 4.79 Å². The van der Waals surface area contributed by atoms with Gasteiger partial charge in [-0.2, -0.15) is 0 Å². The zero-order valence-corrected chi connectivity index (χ0v) is 5.60. The van der Waals surface area contributed by atoms with E-state index in [-0.39, 0.29) is 21.1 Å². The fraction of sp³-hybridized carbons (Fsp3) is 0. The first-order chi connectivity index (χ1) is 2.64. The molecule has 0 saturated carbocycles. The van der Waals surface area contributed by atoms with E-state index in [0.29, 0.717) is 0 Å². The van der Waals surface area contributed by atoms with Crippen molar-refractivity contribution in [3.8, 4) is 0 Å². The normalized spacial score (nSPS) is 6.29. The summed E-state index contributed by atoms with van der Waals surface area (Å²) in [6, 6.07) is 0. The van der Waals surface area contributed by atoms with Crippen molar-refractivity contribution >= 4 is 5.97 Å². The molecule has 0 heterocycles. The molecule has 0 atom stereocenters. The summed E-state index contributed by atoms with van der Waals surface area (Å²) in [7, 11) is 0. The largest absolute Gasteiger partial charge is 0.502 e. The Bertz CT molecular complexity index is 76.2. The third kappa shape index (κ3) is 5.70. The zero-order valence-electron chi connectivity index (χ0n) is 3.33. The Kier molecular flexibility index (Phi) is 5.45. The summed E-state index contributed by atoms with van der Waals surface area (Å²) in [5.74, 6) is -2.20. The molecule has 0 amide bonds. The quantitative estimate of drug-likeness (QED) is 0.531. The first kappa shape index (κ1) is 9.85. The Labute approximate surface area is 54.9 Å². The van der Waals surface area contributed by atoms with Crippen LogP contribution in [-0.2, 0) is 25.9 Å². The van der Waals surface area contributed by atoms with Gasteiger partial charge < -0.3 is 10.2 Å². The Morgan fingerprint density at radius 3 is 1.57 bits per heavy atom. The van der Waals surface area contributed by atoms with E-state index in [1.165, 1.54) is 0 Å². The van der Waals surface area contributed by atoms with Gasteiger partial charge in [-0.05, 0) is 6.58 Å². The van der Waals surface area contributed by atoms with Gasteiger partial charge >= 0.3 is 5.97 Å². The average Bonchev–Trinajstić information content (AvgIpc) is 1.36. The number of aliphatic carboxylic acids is 1. The first-order valence-corrected chi connectivity index (χ1v) is 1.25. The molecule has 0 aliphatic carbocycles. The summed E-state index contributed by atoms with van der Waals surface area (Å²) in [5, 5.41) is 15.5. The van der Waals surface area contributed by atoms with E-state index in [0.717, 1.165) is 0 Å². The van der Waals surface area contributed by atoms with Gasteiger partial charge in [0.15, 0.2) is 5.76 Å². The van der Waals surface area contributed by atoms with E-state index in [4.69, 9.17) is 10.2 Å². The maximum Gasteiger partial charge on any atom is 0.370 e. The van der Waals surface area contributed by atoms with Crippen molar-refractivity contribution in [3.63, 3.8) is 0 Å². The molecule has 0 aliphatic rings. The number of carboxylic acids is 1. The molecule has 0 rings (SSSR count). The maximum atomic E-state index is 9.35. The van der Waals surface area contributed by atoms with Gasteiger partial charge in [-0.3, -0.25) is 0 Å². The van der Waals surface area contributed by atoms with E-state index >= 15 is 0 Å². The van der Waals surface area contributed by atoms with Crippen LogP contribution in [-0.4, -0.2) is 16.2 Å². The van der Waals surface area contributed by atoms with Crippen molar-refractivity contribution in [3.05, 3.63) is 12.3 Å². The number of aliphatic hydroxyl groups is 1. The van der Waals surface area contributed by atoms with E-state index < -0.39 is 11.7 Å². The van der Waals surface area contributed by atoms with Gasteiger partial charge in [0.1, 0.15) is 0 Å². The van der Waals surface area contributed by atoms with Crippen LogP contribution in [0.15, 0.2) is 12.3 Å². The minimum atomic E-state index is -1.38. The van der Waals surface area contributed by atoms with Crippen molar-refractivity contribution in [2.24, 2.45) is 0 Å². The Hall–Kier alpha value is -0.302. The molecule has 44 valence electrons. The minimum Gasteiger partial charge on any atom is -0.502 e. The van der Waals surface area contributed by atoms with Gasteiger partial charge in [-0.1, -0.05) is 0 Å². The molecule has 0 aromatic carbocycles. The average molecular weight is 283 g/mol. The predicted molar refractivity (Wildman–Crippen MR) is 19.4 cm³/mol. The minimum absolute atomic E-state index is 0. The molecular weight excluding hydrogens is 279 g/mol. The SMILES string of the molecule is C=C(O)C(=O)O.[Pt]. The molecule has 0 unspecified atom stereocenters. The molecular formula is C3H4O3Pt. The fourth-order valence-corrected chi connectivity index (χ4v) is 0. The number of hydrogen-bond donors (Lipinski definition) is 2. The van der Waals surface area contributed by atoms with Crippen LogP contribution in [0.1, 0.15) is 0 Å². The second-order valence-corrected chi connectivity index (χ2v) is 0.752. The molecule has 3 nitrogen and oxygen atoms in total.